The van der Waals surface area contributed by atoms with E-state index in [1.54, 1.807) is 12.1 Å². The molecule has 0 unspecified atom stereocenters. The van der Waals surface area contributed by atoms with Crippen LogP contribution in [0, 0.1) is 0 Å². The minimum Gasteiger partial charge on any atom is -0.367 e. The molecule has 0 radical (unpaired) electrons. The molecular formula is C7H11ClN4O2S. The van der Waals surface area contributed by atoms with Gasteiger partial charge in [-0.2, -0.15) is 0 Å². The van der Waals surface area contributed by atoms with Crippen molar-refractivity contribution in [3.8, 4) is 0 Å². The van der Waals surface area contributed by atoms with E-state index in [2.05, 4.69) is 20.2 Å². The molecule has 6 nitrogen and oxygen atoms in total. The first-order chi connectivity index (χ1) is 6.97. The van der Waals surface area contributed by atoms with Crippen LogP contribution in [0.5, 0.6) is 0 Å². The Kier molecular flexibility index (Phi) is 4.25. The molecule has 0 bridgehead atoms. The van der Waals surface area contributed by atoms with Crippen LogP contribution in [0.1, 0.15) is 0 Å². The van der Waals surface area contributed by atoms with Crippen molar-refractivity contribution in [1.29, 1.82) is 0 Å². The second kappa shape index (κ2) is 5.24. The normalized spacial score (nSPS) is 11.3. The largest absolute Gasteiger partial charge is 0.367 e. The molecule has 0 atom stereocenters. The Hall–Kier alpha value is -0.920. The van der Waals surface area contributed by atoms with Gasteiger partial charge in [0, 0.05) is 13.1 Å². The number of hydrogen-bond acceptors (Lipinski definition) is 5. The Morgan fingerprint density at radius 1 is 1.33 bits per heavy atom. The van der Waals surface area contributed by atoms with Gasteiger partial charge in [-0.25, -0.2) is 13.1 Å². The van der Waals surface area contributed by atoms with Crippen LogP contribution < -0.4 is 10.0 Å². The second-order valence-corrected chi connectivity index (χ2v) is 5.05. The molecule has 1 rings (SSSR count). The summed E-state index contributed by atoms with van der Waals surface area (Å²) in [6.07, 6.45) is 1.11. The summed E-state index contributed by atoms with van der Waals surface area (Å²) in [5, 5.41) is 10.6. The van der Waals surface area contributed by atoms with Gasteiger partial charge in [0.2, 0.25) is 10.0 Å². The number of rotatable bonds is 5. The molecule has 84 valence electrons. The zero-order chi connectivity index (χ0) is 11.3. The number of nitrogens with zero attached hydrogens (tertiary/aromatic N) is 2. The third-order valence-corrected chi connectivity index (χ3v) is 2.36. The average molecular weight is 251 g/mol. The molecule has 1 aromatic rings. The van der Waals surface area contributed by atoms with Crippen molar-refractivity contribution >= 4 is 27.4 Å². The number of anilines is 1. The number of hydrogen-bond donors (Lipinski definition) is 2. The van der Waals surface area contributed by atoms with Gasteiger partial charge in [0.1, 0.15) is 5.82 Å². The summed E-state index contributed by atoms with van der Waals surface area (Å²) in [7, 11) is -3.13. The highest BCUT2D eigenvalue weighted by atomic mass is 35.5. The van der Waals surface area contributed by atoms with E-state index < -0.39 is 10.0 Å². The molecule has 1 heterocycles. The summed E-state index contributed by atoms with van der Waals surface area (Å²) >= 11 is 5.54. The molecule has 0 saturated heterocycles. The Morgan fingerprint density at radius 3 is 2.60 bits per heavy atom. The third-order valence-electron chi connectivity index (χ3n) is 1.43. The molecule has 0 aliphatic heterocycles. The van der Waals surface area contributed by atoms with E-state index in [0.717, 1.165) is 6.26 Å². The zero-order valence-electron chi connectivity index (χ0n) is 8.07. The smallest absolute Gasteiger partial charge is 0.208 e. The van der Waals surface area contributed by atoms with Crippen LogP contribution in [0.2, 0.25) is 5.15 Å². The first kappa shape index (κ1) is 12.2. The Balaban J connectivity index is 2.29. The molecule has 0 aliphatic rings. The van der Waals surface area contributed by atoms with E-state index >= 15 is 0 Å². The first-order valence-corrected chi connectivity index (χ1v) is 6.42. The fourth-order valence-corrected chi connectivity index (χ4v) is 1.41. The van der Waals surface area contributed by atoms with Gasteiger partial charge >= 0.3 is 0 Å². The highest BCUT2D eigenvalue weighted by molar-refractivity contribution is 7.88. The van der Waals surface area contributed by atoms with Crippen molar-refractivity contribution in [3.63, 3.8) is 0 Å². The van der Waals surface area contributed by atoms with Gasteiger partial charge in [-0.3, -0.25) is 0 Å². The van der Waals surface area contributed by atoms with Crippen LogP contribution in [-0.2, 0) is 10.0 Å². The highest BCUT2D eigenvalue weighted by Gasteiger charge is 1.99. The fourth-order valence-electron chi connectivity index (χ4n) is 0.837. The predicted molar refractivity (Wildman–Crippen MR) is 58.4 cm³/mol. The van der Waals surface area contributed by atoms with Crippen LogP contribution >= 0.6 is 11.6 Å². The molecule has 0 amide bonds. The zero-order valence-corrected chi connectivity index (χ0v) is 9.64. The Bertz CT molecular complexity index is 406. The molecule has 15 heavy (non-hydrogen) atoms. The minimum atomic E-state index is -3.13. The predicted octanol–water partition coefficient (Wildman–Crippen LogP) is 0.0911. The molecule has 1 aromatic heterocycles. The number of sulfonamides is 1. The van der Waals surface area contributed by atoms with Gasteiger partial charge in [-0.15, -0.1) is 10.2 Å². The molecule has 0 spiro atoms. The summed E-state index contributed by atoms with van der Waals surface area (Å²) in [6.45, 7) is 0.729. The summed E-state index contributed by atoms with van der Waals surface area (Å²) in [4.78, 5) is 0. The Labute approximate surface area is 93.1 Å². The maximum absolute atomic E-state index is 10.7. The summed E-state index contributed by atoms with van der Waals surface area (Å²) < 4.78 is 23.7. The van der Waals surface area contributed by atoms with E-state index in [1.807, 2.05) is 0 Å². The van der Waals surface area contributed by atoms with Crippen molar-refractivity contribution in [3.05, 3.63) is 17.3 Å². The van der Waals surface area contributed by atoms with Crippen LogP contribution in [0.15, 0.2) is 12.1 Å². The number of nitrogens with one attached hydrogen (secondary N) is 2. The molecule has 2 N–H and O–H groups in total. The molecular weight excluding hydrogens is 240 g/mol. The standard InChI is InChI=1S/C7H11ClN4O2S/c1-15(13,14)10-5-4-9-7-3-2-6(8)11-12-7/h2-3,10H,4-5H2,1H3,(H,9,12). The van der Waals surface area contributed by atoms with Crippen LogP contribution in [0.4, 0.5) is 5.82 Å². The van der Waals surface area contributed by atoms with Gasteiger partial charge in [0.05, 0.1) is 6.26 Å². The topological polar surface area (TPSA) is 84.0 Å². The first-order valence-electron chi connectivity index (χ1n) is 4.15. The highest BCUT2D eigenvalue weighted by Crippen LogP contribution is 2.04. The van der Waals surface area contributed by atoms with Gasteiger partial charge in [0.25, 0.3) is 0 Å². The lowest BCUT2D eigenvalue weighted by molar-refractivity contribution is 0.589. The van der Waals surface area contributed by atoms with Crippen molar-refractivity contribution in [2.75, 3.05) is 24.7 Å². The molecule has 0 aliphatic carbocycles. The quantitative estimate of drug-likeness (QED) is 0.724. The van der Waals surface area contributed by atoms with Crippen molar-refractivity contribution < 1.29 is 8.42 Å². The van der Waals surface area contributed by atoms with E-state index in [9.17, 15) is 8.42 Å². The van der Waals surface area contributed by atoms with Crippen LogP contribution in [-0.4, -0.2) is 38.0 Å². The van der Waals surface area contributed by atoms with E-state index in [1.165, 1.54) is 0 Å². The molecule has 0 aromatic carbocycles. The summed E-state index contributed by atoms with van der Waals surface area (Å²) in [5.41, 5.74) is 0. The third kappa shape index (κ3) is 5.50. The van der Waals surface area contributed by atoms with E-state index in [4.69, 9.17) is 11.6 Å². The van der Waals surface area contributed by atoms with Crippen molar-refractivity contribution in [1.82, 2.24) is 14.9 Å². The number of aromatic nitrogens is 2. The van der Waals surface area contributed by atoms with E-state index in [0.29, 0.717) is 24.1 Å². The fraction of sp³-hybridized carbons (Fsp3) is 0.429. The lowest BCUT2D eigenvalue weighted by Gasteiger charge is -2.04. The van der Waals surface area contributed by atoms with Crippen molar-refractivity contribution in [2.24, 2.45) is 0 Å². The van der Waals surface area contributed by atoms with Crippen molar-refractivity contribution in [2.45, 2.75) is 0 Å². The summed E-state index contributed by atoms with van der Waals surface area (Å²) in [5.74, 6) is 0.551. The van der Waals surface area contributed by atoms with Crippen LogP contribution in [0.25, 0.3) is 0 Å². The Morgan fingerprint density at radius 2 is 2.07 bits per heavy atom. The second-order valence-electron chi connectivity index (χ2n) is 2.83. The monoisotopic (exact) mass is 250 g/mol. The van der Waals surface area contributed by atoms with Crippen LogP contribution in [0.3, 0.4) is 0 Å². The summed E-state index contributed by atoms with van der Waals surface area (Å²) in [6, 6.07) is 3.26. The van der Waals surface area contributed by atoms with Gasteiger partial charge in [-0.1, -0.05) is 11.6 Å². The van der Waals surface area contributed by atoms with Gasteiger partial charge in [0.15, 0.2) is 5.15 Å². The van der Waals surface area contributed by atoms with Gasteiger partial charge in [-0.05, 0) is 12.1 Å². The molecule has 0 fully saturated rings. The molecule has 0 saturated carbocycles. The molecule has 8 heteroatoms. The maximum Gasteiger partial charge on any atom is 0.208 e. The lowest BCUT2D eigenvalue weighted by Crippen LogP contribution is -2.27. The van der Waals surface area contributed by atoms with E-state index in [-0.39, 0.29) is 0 Å². The van der Waals surface area contributed by atoms with Gasteiger partial charge < -0.3 is 5.32 Å². The number of halogens is 1. The maximum atomic E-state index is 10.7. The lowest BCUT2D eigenvalue weighted by atomic mass is 10.5. The SMILES string of the molecule is CS(=O)(=O)NCCNc1ccc(Cl)nn1. The average Bonchev–Trinajstić information content (AvgIpc) is 2.14. The minimum absolute atomic E-state index is 0.295.